The van der Waals surface area contributed by atoms with Crippen molar-refractivity contribution in [2.75, 3.05) is 5.75 Å². The SMILES string of the molecule is O=C(CCSS)OC1CC1. The van der Waals surface area contributed by atoms with Gasteiger partial charge in [-0.2, -0.15) is 0 Å². The first-order valence-corrected chi connectivity index (χ1v) is 5.32. The van der Waals surface area contributed by atoms with Gasteiger partial charge in [0.25, 0.3) is 0 Å². The van der Waals surface area contributed by atoms with Gasteiger partial charge in [-0.15, -0.1) is 11.7 Å². The highest BCUT2D eigenvalue weighted by Gasteiger charge is 2.25. The van der Waals surface area contributed by atoms with Crippen LogP contribution in [0.15, 0.2) is 0 Å². The summed E-state index contributed by atoms with van der Waals surface area (Å²) in [6.07, 6.45) is 2.85. The Balaban J connectivity index is 1.97. The summed E-state index contributed by atoms with van der Waals surface area (Å²) in [4.78, 5) is 10.8. The maximum absolute atomic E-state index is 10.8. The molecule has 0 aromatic heterocycles. The molecule has 0 spiro atoms. The van der Waals surface area contributed by atoms with Gasteiger partial charge >= 0.3 is 5.97 Å². The molecule has 1 rings (SSSR count). The van der Waals surface area contributed by atoms with Crippen LogP contribution in [0.25, 0.3) is 0 Å². The molecule has 0 saturated heterocycles. The van der Waals surface area contributed by atoms with Gasteiger partial charge in [0.05, 0.1) is 6.42 Å². The maximum Gasteiger partial charge on any atom is 0.306 e. The molecule has 0 aliphatic heterocycles. The monoisotopic (exact) mass is 178 g/mol. The second-order valence-electron chi connectivity index (χ2n) is 2.27. The standard InChI is InChI=1S/C6H10O2S2/c7-6(3-4-10-9)8-5-1-2-5/h5,9H,1-4H2. The van der Waals surface area contributed by atoms with Crippen molar-refractivity contribution in [2.24, 2.45) is 0 Å². The van der Waals surface area contributed by atoms with Crippen LogP contribution in [0.4, 0.5) is 0 Å². The number of ether oxygens (including phenoxy) is 1. The van der Waals surface area contributed by atoms with Crippen LogP contribution in [0.2, 0.25) is 0 Å². The number of rotatable bonds is 4. The van der Waals surface area contributed by atoms with Crippen LogP contribution in [0.3, 0.4) is 0 Å². The molecule has 58 valence electrons. The van der Waals surface area contributed by atoms with Crippen LogP contribution < -0.4 is 0 Å². The Kier molecular flexibility index (Phi) is 3.42. The lowest BCUT2D eigenvalue weighted by Crippen LogP contribution is -2.06. The van der Waals surface area contributed by atoms with Gasteiger partial charge in [0.1, 0.15) is 6.10 Å². The van der Waals surface area contributed by atoms with E-state index in [9.17, 15) is 4.79 Å². The van der Waals surface area contributed by atoms with Gasteiger partial charge < -0.3 is 4.74 Å². The Hall–Kier alpha value is 0.170. The van der Waals surface area contributed by atoms with Crippen molar-refractivity contribution in [3.8, 4) is 0 Å². The third-order valence-corrected chi connectivity index (χ3v) is 2.15. The predicted molar refractivity (Wildman–Crippen MR) is 45.2 cm³/mol. The molecule has 0 aromatic carbocycles. The molecule has 1 saturated carbocycles. The minimum atomic E-state index is -0.0796. The average Bonchev–Trinajstić information content (AvgIpc) is 2.67. The summed E-state index contributed by atoms with van der Waals surface area (Å²) >= 11 is 3.91. The normalized spacial score (nSPS) is 16.9. The van der Waals surface area contributed by atoms with Crippen LogP contribution in [0.5, 0.6) is 0 Å². The zero-order valence-corrected chi connectivity index (χ0v) is 7.29. The highest BCUT2D eigenvalue weighted by atomic mass is 33.1. The molecule has 10 heavy (non-hydrogen) atoms. The van der Waals surface area contributed by atoms with Crippen molar-refractivity contribution in [3.05, 3.63) is 0 Å². The zero-order valence-electron chi connectivity index (χ0n) is 5.58. The molecule has 2 nitrogen and oxygen atoms in total. The minimum Gasteiger partial charge on any atom is -0.462 e. The highest BCUT2D eigenvalue weighted by Crippen LogP contribution is 2.24. The molecule has 4 heteroatoms. The van der Waals surface area contributed by atoms with E-state index >= 15 is 0 Å². The van der Waals surface area contributed by atoms with Gasteiger partial charge in [0, 0.05) is 5.75 Å². The van der Waals surface area contributed by atoms with Crippen molar-refractivity contribution < 1.29 is 9.53 Å². The first-order chi connectivity index (χ1) is 4.83. The van der Waals surface area contributed by atoms with Crippen LogP contribution in [-0.2, 0) is 9.53 Å². The molecule has 0 radical (unpaired) electrons. The second kappa shape index (κ2) is 4.13. The van der Waals surface area contributed by atoms with Gasteiger partial charge in [0.2, 0.25) is 0 Å². The van der Waals surface area contributed by atoms with Crippen molar-refractivity contribution in [1.82, 2.24) is 0 Å². The van der Waals surface area contributed by atoms with E-state index in [0.29, 0.717) is 6.42 Å². The average molecular weight is 178 g/mol. The van der Waals surface area contributed by atoms with Gasteiger partial charge in [-0.25, -0.2) is 0 Å². The number of thiol groups is 1. The first-order valence-electron chi connectivity index (χ1n) is 3.29. The molecule has 1 aliphatic rings. The smallest absolute Gasteiger partial charge is 0.306 e. The molecule has 0 heterocycles. The van der Waals surface area contributed by atoms with Crippen LogP contribution in [0, 0.1) is 0 Å². The quantitative estimate of drug-likeness (QED) is 0.403. The fourth-order valence-electron chi connectivity index (χ4n) is 0.560. The van der Waals surface area contributed by atoms with Gasteiger partial charge in [-0.1, -0.05) is 10.8 Å². The molecular formula is C6H10O2S2. The summed E-state index contributed by atoms with van der Waals surface area (Å²) < 4.78 is 4.98. The van der Waals surface area contributed by atoms with Gasteiger partial charge in [-0.3, -0.25) is 4.79 Å². The van der Waals surface area contributed by atoms with Crippen LogP contribution >= 0.6 is 22.5 Å². The summed E-state index contributed by atoms with van der Waals surface area (Å²) in [5.41, 5.74) is 0. The van der Waals surface area contributed by atoms with Crippen LogP contribution in [0.1, 0.15) is 19.3 Å². The number of hydrogen-bond acceptors (Lipinski definition) is 4. The fraction of sp³-hybridized carbons (Fsp3) is 0.833. The number of carbonyl (C=O) groups excluding carboxylic acids is 1. The number of carbonyl (C=O) groups is 1. The Morgan fingerprint density at radius 2 is 2.40 bits per heavy atom. The van der Waals surface area contributed by atoms with Crippen molar-refractivity contribution in [3.63, 3.8) is 0 Å². The lowest BCUT2D eigenvalue weighted by atomic mass is 10.5. The lowest BCUT2D eigenvalue weighted by Gasteiger charge is -1.99. The van der Waals surface area contributed by atoms with Crippen LogP contribution in [-0.4, -0.2) is 17.8 Å². The van der Waals surface area contributed by atoms with E-state index in [-0.39, 0.29) is 12.1 Å². The van der Waals surface area contributed by atoms with E-state index in [1.165, 1.54) is 10.8 Å². The molecule has 1 aliphatic carbocycles. The molecule has 0 N–H and O–H groups in total. The highest BCUT2D eigenvalue weighted by molar-refractivity contribution is 8.68. The first kappa shape index (κ1) is 8.27. The number of esters is 1. The molecule has 0 aromatic rings. The third-order valence-electron chi connectivity index (χ3n) is 1.22. The molecule has 0 atom stereocenters. The topological polar surface area (TPSA) is 26.3 Å². The van der Waals surface area contributed by atoms with Gasteiger partial charge in [-0.05, 0) is 12.8 Å². The summed E-state index contributed by atoms with van der Waals surface area (Å²) in [5.74, 6) is 0.665. The second-order valence-corrected chi connectivity index (χ2v) is 3.71. The zero-order chi connectivity index (χ0) is 7.40. The fourth-order valence-corrected chi connectivity index (χ4v) is 1.09. The summed E-state index contributed by atoms with van der Waals surface area (Å²) in [6, 6.07) is 0. The van der Waals surface area contributed by atoms with E-state index in [2.05, 4.69) is 11.7 Å². The van der Waals surface area contributed by atoms with Gasteiger partial charge in [0.15, 0.2) is 0 Å². The number of hydrogen-bond donors (Lipinski definition) is 1. The molecule has 1 fully saturated rings. The Morgan fingerprint density at radius 3 is 2.90 bits per heavy atom. The Bertz CT molecular complexity index is 123. The lowest BCUT2D eigenvalue weighted by molar-refractivity contribution is -0.144. The largest absolute Gasteiger partial charge is 0.462 e. The van der Waals surface area contributed by atoms with E-state index in [1.807, 2.05) is 0 Å². The predicted octanol–water partition coefficient (Wildman–Crippen LogP) is 1.66. The Morgan fingerprint density at radius 1 is 1.70 bits per heavy atom. The molecule has 0 amide bonds. The molecular weight excluding hydrogens is 168 g/mol. The van der Waals surface area contributed by atoms with E-state index in [4.69, 9.17) is 4.74 Å². The van der Waals surface area contributed by atoms with E-state index in [0.717, 1.165) is 18.6 Å². The molecule has 0 unspecified atom stereocenters. The van der Waals surface area contributed by atoms with Crippen molar-refractivity contribution in [1.29, 1.82) is 0 Å². The van der Waals surface area contributed by atoms with Crippen molar-refractivity contribution in [2.45, 2.75) is 25.4 Å². The Labute approximate surface area is 69.5 Å². The van der Waals surface area contributed by atoms with E-state index < -0.39 is 0 Å². The minimum absolute atomic E-state index is 0.0796. The summed E-state index contributed by atoms with van der Waals surface area (Å²) in [5, 5.41) is 0. The third kappa shape index (κ3) is 3.37. The molecule has 0 bridgehead atoms. The van der Waals surface area contributed by atoms with E-state index in [1.54, 1.807) is 0 Å². The van der Waals surface area contributed by atoms with Crippen molar-refractivity contribution >= 4 is 28.4 Å². The maximum atomic E-state index is 10.8. The summed E-state index contributed by atoms with van der Waals surface area (Å²) in [7, 11) is 1.37. The summed E-state index contributed by atoms with van der Waals surface area (Å²) in [6.45, 7) is 0.